The van der Waals surface area contributed by atoms with Gasteiger partial charge in [0, 0.05) is 19.2 Å². The number of nitrogens with one attached hydrogen (secondary N) is 1. The zero-order valence-electron chi connectivity index (χ0n) is 16.8. The van der Waals surface area contributed by atoms with E-state index in [9.17, 15) is 4.79 Å². The summed E-state index contributed by atoms with van der Waals surface area (Å²) >= 11 is 0. The second-order valence-corrected chi connectivity index (χ2v) is 7.21. The van der Waals surface area contributed by atoms with Crippen molar-refractivity contribution in [2.45, 2.75) is 45.4 Å². The Morgan fingerprint density at radius 2 is 1.75 bits per heavy atom. The van der Waals surface area contributed by atoms with Crippen molar-refractivity contribution in [1.82, 2.24) is 10.2 Å². The Labute approximate surface area is 167 Å². The van der Waals surface area contributed by atoms with Crippen LogP contribution >= 0.6 is 0 Å². The van der Waals surface area contributed by atoms with Crippen molar-refractivity contribution < 1.29 is 14.3 Å². The van der Waals surface area contributed by atoms with Crippen LogP contribution in [0, 0.1) is 0 Å². The molecule has 0 aromatic heterocycles. The normalized spacial score (nSPS) is 15.2. The van der Waals surface area contributed by atoms with E-state index in [2.05, 4.69) is 34.5 Å². The Balaban J connectivity index is 1.50. The molecule has 1 aliphatic heterocycles. The van der Waals surface area contributed by atoms with E-state index in [1.807, 2.05) is 25.1 Å². The number of ether oxygens (including phenoxy) is 2. The monoisotopic (exact) mass is 382 g/mol. The van der Waals surface area contributed by atoms with Crippen LogP contribution in [0.5, 0.6) is 11.5 Å². The van der Waals surface area contributed by atoms with E-state index in [-0.39, 0.29) is 5.91 Å². The summed E-state index contributed by atoms with van der Waals surface area (Å²) in [7, 11) is 1.61. The summed E-state index contributed by atoms with van der Waals surface area (Å²) in [5.41, 5.74) is 2.42. The van der Waals surface area contributed by atoms with Gasteiger partial charge in [0.15, 0.2) is 6.10 Å². The van der Waals surface area contributed by atoms with E-state index in [0.29, 0.717) is 24.5 Å². The van der Waals surface area contributed by atoms with E-state index in [4.69, 9.17) is 9.47 Å². The fraction of sp³-hybridized carbons (Fsp3) is 0.435. The van der Waals surface area contributed by atoms with Crippen LogP contribution in [-0.2, 0) is 17.9 Å². The zero-order chi connectivity index (χ0) is 19.8. The predicted molar refractivity (Wildman–Crippen MR) is 111 cm³/mol. The molecule has 2 aromatic carbocycles. The number of carbonyl (C=O) groups is 1. The zero-order valence-corrected chi connectivity index (χ0v) is 16.8. The number of benzene rings is 2. The van der Waals surface area contributed by atoms with Gasteiger partial charge in [0.2, 0.25) is 0 Å². The maximum atomic E-state index is 12.5. The SMILES string of the molecule is CC[C@@H](Oc1cccc(OC)c1)C(=O)NCc1ccc(CN2CCCC2)cc1. The van der Waals surface area contributed by atoms with Gasteiger partial charge in [-0.1, -0.05) is 37.3 Å². The molecule has 0 radical (unpaired) electrons. The van der Waals surface area contributed by atoms with E-state index in [1.54, 1.807) is 13.2 Å². The summed E-state index contributed by atoms with van der Waals surface area (Å²) in [4.78, 5) is 15.0. The van der Waals surface area contributed by atoms with Gasteiger partial charge < -0.3 is 14.8 Å². The van der Waals surface area contributed by atoms with Crippen molar-refractivity contribution in [3.8, 4) is 11.5 Å². The molecule has 0 bridgehead atoms. The van der Waals surface area contributed by atoms with Crippen molar-refractivity contribution in [2.75, 3.05) is 20.2 Å². The van der Waals surface area contributed by atoms with E-state index >= 15 is 0 Å². The molecular weight excluding hydrogens is 352 g/mol. The summed E-state index contributed by atoms with van der Waals surface area (Å²) in [6.45, 7) is 5.85. The second kappa shape index (κ2) is 10.1. The lowest BCUT2D eigenvalue weighted by Gasteiger charge is -2.18. The minimum absolute atomic E-state index is 0.105. The maximum absolute atomic E-state index is 12.5. The number of likely N-dealkylation sites (tertiary alicyclic amines) is 1. The first kappa shape index (κ1) is 20.2. The van der Waals surface area contributed by atoms with Gasteiger partial charge in [-0.15, -0.1) is 0 Å². The number of hydrogen-bond acceptors (Lipinski definition) is 4. The summed E-state index contributed by atoms with van der Waals surface area (Å²) in [5.74, 6) is 1.24. The van der Waals surface area contributed by atoms with Crippen LogP contribution < -0.4 is 14.8 Å². The van der Waals surface area contributed by atoms with Crippen molar-refractivity contribution in [1.29, 1.82) is 0 Å². The van der Waals surface area contributed by atoms with Gasteiger partial charge in [-0.25, -0.2) is 0 Å². The van der Waals surface area contributed by atoms with Crippen molar-refractivity contribution in [2.24, 2.45) is 0 Å². The highest BCUT2D eigenvalue weighted by Crippen LogP contribution is 2.21. The Morgan fingerprint density at radius 3 is 2.43 bits per heavy atom. The first-order valence-electron chi connectivity index (χ1n) is 10.1. The van der Waals surface area contributed by atoms with Crippen LogP contribution in [0.15, 0.2) is 48.5 Å². The van der Waals surface area contributed by atoms with Gasteiger partial charge in [0.25, 0.3) is 5.91 Å². The maximum Gasteiger partial charge on any atom is 0.261 e. The Hall–Kier alpha value is -2.53. The van der Waals surface area contributed by atoms with Crippen molar-refractivity contribution in [3.05, 3.63) is 59.7 Å². The van der Waals surface area contributed by atoms with Gasteiger partial charge in [-0.3, -0.25) is 9.69 Å². The first-order chi connectivity index (χ1) is 13.7. The molecule has 1 aliphatic rings. The van der Waals surface area contributed by atoms with Crippen LogP contribution in [0.1, 0.15) is 37.3 Å². The van der Waals surface area contributed by atoms with Crippen LogP contribution in [0.25, 0.3) is 0 Å². The van der Waals surface area contributed by atoms with Crippen molar-refractivity contribution in [3.63, 3.8) is 0 Å². The number of amides is 1. The number of methoxy groups -OCH3 is 1. The minimum Gasteiger partial charge on any atom is -0.497 e. The molecule has 1 atom stereocenters. The lowest BCUT2D eigenvalue weighted by molar-refractivity contribution is -0.128. The molecule has 1 fully saturated rings. The number of nitrogens with zero attached hydrogens (tertiary/aromatic N) is 1. The molecule has 5 heteroatoms. The Morgan fingerprint density at radius 1 is 1.07 bits per heavy atom. The van der Waals surface area contributed by atoms with Crippen LogP contribution in [0.3, 0.4) is 0 Å². The molecule has 1 saturated heterocycles. The fourth-order valence-corrected chi connectivity index (χ4v) is 3.43. The second-order valence-electron chi connectivity index (χ2n) is 7.21. The van der Waals surface area contributed by atoms with E-state index < -0.39 is 6.10 Å². The van der Waals surface area contributed by atoms with Crippen molar-refractivity contribution >= 4 is 5.91 Å². The smallest absolute Gasteiger partial charge is 0.261 e. The molecule has 28 heavy (non-hydrogen) atoms. The van der Waals surface area contributed by atoms with Gasteiger partial charge in [0.1, 0.15) is 11.5 Å². The molecule has 5 nitrogen and oxygen atoms in total. The lowest BCUT2D eigenvalue weighted by atomic mass is 10.1. The minimum atomic E-state index is -0.526. The number of carbonyl (C=O) groups excluding carboxylic acids is 1. The molecule has 0 spiro atoms. The molecule has 1 N–H and O–H groups in total. The molecule has 0 saturated carbocycles. The molecule has 0 aliphatic carbocycles. The van der Waals surface area contributed by atoms with Crippen LogP contribution in [-0.4, -0.2) is 37.1 Å². The molecule has 1 heterocycles. The van der Waals surface area contributed by atoms with E-state index in [0.717, 1.165) is 12.1 Å². The highest BCUT2D eigenvalue weighted by Gasteiger charge is 2.18. The third kappa shape index (κ3) is 5.73. The Kier molecular flexibility index (Phi) is 7.31. The summed E-state index contributed by atoms with van der Waals surface area (Å²) < 4.78 is 11.1. The summed E-state index contributed by atoms with van der Waals surface area (Å²) in [6, 6.07) is 15.8. The third-order valence-corrected chi connectivity index (χ3v) is 5.08. The average molecular weight is 383 g/mol. The molecule has 3 rings (SSSR count). The summed E-state index contributed by atoms with van der Waals surface area (Å²) in [6.07, 6.45) is 2.68. The topological polar surface area (TPSA) is 50.8 Å². The fourth-order valence-electron chi connectivity index (χ4n) is 3.43. The van der Waals surface area contributed by atoms with Crippen LogP contribution in [0.2, 0.25) is 0 Å². The van der Waals surface area contributed by atoms with E-state index in [1.165, 1.54) is 31.5 Å². The van der Waals surface area contributed by atoms with Gasteiger partial charge in [-0.05, 0) is 55.6 Å². The van der Waals surface area contributed by atoms with Gasteiger partial charge >= 0.3 is 0 Å². The largest absolute Gasteiger partial charge is 0.497 e. The highest BCUT2D eigenvalue weighted by molar-refractivity contribution is 5.81. The standard InChI is InChI=1S/C23H30N2O3/c1-3-22(28-21-8-6-7-20(15-21)27-2)23(26)24-16-18-9-11-19(12-10-18)17-25-13-4-5-14-25/h6-12,15,22H,3-5,13-14,16-17H2,1-2H3,(H,24,26)/t22-/m1/s1. The number of hydrogen-bond donors (Lipinski definition) is 1. The van der Waals surface area contributed by atoms with Gasteiger partial charge in [-0.2, -0.15) is 0 Å². The number of rotatable bonds is 9. The highest BCUT2D eigenvalue weighted by atomic mass is 16.5. The molecular formula is C23H30N2O3. The first-order valence-corrected chi connectivity index (χ1v) is 10.1. The van der Waals surface area contributed by atoms with Crippen LogP contribution in [0.4, 0.5) is 0 Å². The Bertz CT molecular complexity index is 755. The molecule has 0 unspecified atom stereocenters. The average Bonchev–Trinajstić information content (AvgIpc) is 3.24. The molecule has 2 aromatic rings. The predicted octanol–water partition coefficient (Wildman–Crippen LogP) is 3.76. The summed E-state index contributed by atoms with van der Waals surface area (Å²) in [5, 5.41) is 2.99. The van der Waals surface area contributed by atoms with Gasteiger partial charge in [0.05, 0.1) is 7.11 Å². The lowest BCUT2D eigenvalue weighted by Crippen LogP contribution is -2.37. The molecule has 150 valence electrons. The quantitative estimate of drug-likeness (QED) is 0.717. The third-order valence-electron chi connectivity index (χ3n) is 5.08. The molecule has 1 amide bonds.